The molecule has 0 bridgehead atoms. The average Bonchev–Trinajstić information content (AvgIpc) is 3.26. The highest BCUT2D eigenvalue weighted by atomic mass is 19.1. The molecule has 0 unspecified atom stereocenters. The Morgan fingerprint density at radius 1 is 1.29 bits per heavy atom. The zero-order chi connectivity index (χ0) is 15.0. The fraction of sp³-hybridized carbons (Fsp3) is 0.375. The molecule has 0 amide bonds. The monoisotopic (exact) mass is 287 g/mol. The number of nitrogens with zero attached hydrogens (tertiary/aromatic N) is 1. The maximum Gasteiger partial charge on any atom is 0.252 e. The van der Waals surface area contributed by atoms with E-state index in [2.05, 4.69) is 15.3 Å². The van der Waals surface area contributed by atoms with Gasteiger partial charge in [-0.2, -0.15) is 0 Å². The summed E-state index contributed by atoms with van der Waals surface area (Å²) in [6.45, 7) is 4.02. The second-order valence-electron chi connectivity index (χ2n) is 5.69. The number of aryl methyl sites for hydroxylation is 2. The average molecular weight is 287 g/mol. The minimum atomic E-state index is -0.163. The van der Waals surface area contributed by atoms with Crippen LogP contribution in [0.5, 0.6) is 0 Å². The summed E-state index contributed by atoms with van der Waals surface area (Å²) in [4.78, 5) is 18.8. The fourth-order valence-electron chi connectivity index (χ4n) is 2.45. The first-order valence-corrected chi connectivity index (χ1v) is 7.13. The minimum Gasteiger partial charge on any atom is -0.366 e. The van der Waals surface area contributed by atoms with E-state index in [4.69, 9.17) is 0 Å². The lowest BCUT2D eigenvalue weighted by Crippen LogP contribution is -2.13. The Balaban J connectivity index is 1.77. The molecule has 1 heterocycles. The zero-order valence-corrected chi connectivity index (χ0v) is 12.2. The van der Waals surface area contributed by atoms with Crippen molar-refractivity contribution in [2.24, 2.45) is 0 Å². The maximum absolute atomic E-state index is 13.6. The van der Waals surface area contributed by atoms with Crippen molar-refractivity contribution in [3.63, 3.8) is 0 Å². The number of aromatic nitrogens is 2. The van der Waals surface area contributed by atoms with Crippen LogP contribution in [0.4, 0.5) is 10.2 Å². The molecule has 2 N–H and O–H groups in total. The van der Waals surface area contributed by atoms with Crippen LogP contribution in [0, 0.1) is 19.7 Å². The van der Waals surface area contributed by atoms with E-state index in [-0.39, 0.29) is 11.4 Å². The summed E-state index contributed by atoms with van der Waals surface area (Å²) < 4.78 is 13.6. The van der Waals surface area contributed by atoms with Gasteiger partial charge in [-0.05, 0) is 43.4 Å². The van der Waals surface area contributed by atoms with Crippen LogP contribution in [0.25, 0.3) is 0 Å². The molecule has 5 heteroatoms. The van der Waals surface area contributed by atoms with Crippen LogP contribution in [0.15, 0.2) is 23.0 Å². The summed E-state index contributed by atoms with van der Waals surface area (Å²) >= 11 is 0. The van der Waals surface area contributed by atoms with Crippen molar-refractivity contribution >= 4 is 5.82 Å². The molecule has 0 spiro atoms. The van der Waals surface area contributed by atoms with Gasteiger partial charge in [0.25, 0.3) is 5.56 Å². The number of anilines is 1. The quantitative estimate of drug-likeness (QED) is 0.908. The number of hydrogen-bond acceptors (Lipinski definition) is 3. The molecule has 0 saturated heterocycles. The van der Waals surface area contributed by atoms with Crippen LogP contribution in [-0.2, 0) is 6.54 Å². The molecule has 1 aliphatic rings. The predicted molar refractivity (Wildman–Crippen MR) is 80.0 cm³/mol. The van der Waals surface area contributed by atoms with Gasteiger partial charge in [0.05, 0.1) is 0 Å². The normalized spacial score (nSPS) is 14.2. The summed E-state index contributed by atoms with van der Waals surface area (Å²) in [6.07, 6.45) is 2.17. The highest BCUT2D eigenvalue weighted by molar-refractivity contribution is 5.37. The van der Waals surface area contributed by atoms with E-state index in [1.807, 2.05) is 12.1 Å². The van der Waals surface area contributed by atoms with Crippen LogP contribution in [0.1, 0.15) is 41.3 Å². The van der Waals surface area contributed by atoms with Crippen molar-refractivity contribution in [2.45, 2.75) is 39.2 Å². The summed E-state index contributed by atoms with van der Waals surface area (Å²) in [5.41, 5.74) is 2.09. The van der Waals surface area contributed by atoms with Gasteiger partial charge in [0.1, 0.15) is 17.5 Å². The summed E-state index contributed by atoms with van der Waals surface area (Å²) in [6, 6.07) is 5.07. The molecule has 0 aliphatic heterocycles. The van der Waals surface area contributed by atoms with E-state index in [0.717, 1.165) is 24.2 Å². The molecule has 3 rings (SSSR count). The third-order valence-electron chi connectivity index (χ3n) is 3.69. The largest absolute Gasteiger partial charge is 0.366 e. The Kier molecular flexibility index (Phi) is 3.49. The lowest BCUT2D eigenvalue weighted by atomic mass is 10.1. The highest BCUT2D eigenvalue weighted by Gasteiger charge is 2.26. The van der Waals surface area contributed by atoms with Gasteiger partial charge in [-0.3, -0.25) is 4.79 Å². The van der Waals surface area contributed by atoms with E-state index < -0.39 is 0 Å². The van der Waals surface area contributed by atoms with E-state index >= 15 is 0 Å². The maximum atomic E-state index is 13.6. The van der Waals surface area contributed by atoms with Crippen molar-refractivity contribution in [2.75, 3.05) is 5.32 Å². The highest BCUT2D eigenvalue weighted by Crippen LogP contribution is 2.37. The summed E-state index contributed by atoms with van der Waals surface area (Å²) in [5.74, 6) is 1.57. The molecular formula is C16H18FN3O. The lowest BCUT2D eigenvalue weighted by Gasteiger charge is -2.09. The number of nitrogens with one attached hydrogen (secondary N) is 2. The molecule has 110 valence electrons. The second-order valence-corrected chi connectivity index (χ2v) is 5.69. The topological polar surface area (TPSA) is 57.8 Å². The van der Waals surface area contributed by atoms with Gasteiger partial charge in [-0.15, -0.1) is 0 Å². The smallest absolute Gasteiger partial charge is 0.252 e. The van der Waals surface area contributed by atoms with Crippen molar-refractivity contribution in [3.8, 4) is 0 Å². The second kappa shape index (κ2) is 5.31. The number of rotatable bonds is 4. The first-order chi connectivity index (χ1) is 10.0. The Hall–Kier alpha value is -2.17. The van der Waals surface area contributed by atoms with Crippen LogP contribution in [0.3, 0.4) is 0 Å². The Labute approximate surface area is 122 Å². The molecule has 0 atom stereocenters. The minimum absolute atomic E-state index is 0.138. The van der Waals surface area contributed by atoms with Gasteiger partial charge in [0.15, 0.2) is 0 Å². The zero-order valence-electron chi connectivity index (χ0n) is 12.2. The van der Waals surface area contributed by atoms with Crippen LogP contribution in [-0.4, -0.2) is 9.97 Å². The molecule has 1 fully saturated rings. The third kappa shape index (κ3) is 3.12. The van der Waals surface area contributed by atoms with Gasteiger partial charge in [0, 0.05) is 18.5 Å². The molecule has 1 saturated carbocycles. The van der Waals surface area contributed by atoms with Gasteiger partial charge in [0.2, 0.25) is 0 Å². The Bertz CT molecular complexity index is 712. The van der Waals surface area contributed by atoms with Gasteiger partial charge in [-0.25, -0.2) is 9.37 Å². The first-order valence-electron chi connectivity index (χ1n) is 7.13. The van der Waals surface area contributed by atoms with Crippen LogP contribution < -0.4 is 10.9 Å². The third-order valence-corrected chi connectivity index (χ3v) is 3.69. The molecule has 2 aromatic rings. The fourth-order valence-corrected chi connectivity index (χ4v) is 2.45. The van der Waals surface area contributed by atoms with Crippen molar-refractivity contribution in [1.82, 2.24) is 9.97 Å². The molecule has 1 aromatic carbocycles. The molecular weight excluding hydrogens is 269 g/mol. The van der Waals surface area contributed by atoms with Crippen molar-refractivity contribution < 1.29 is 4.39 Å². The molecule has 1 aromatic heterocycles. The van der Waals surface area contributed by atoms with E-state index in [1.165, 1.54) is 6.07 Å². The van der Waals surface area contributed by atoms with Crippen LogP contribution >= 0.6 is 0 Å². The molecule has 21 heavy (non-hydrogen) atoms. The Morgan fingerprint density at radius 2 is 1.95 bits per heavy atom. The van der Waals surface area contributed by atoms with E-state index in [9.17, 15) is 9.18 Å². The van der Waals surface area contributed by atoms with Crippen molar-refractivity contribution in [1.29, 1.82) is 0 Å². The number of benzene rings is 1. The van der Waals surface area contributed by atoms with Gasteiger partial charge >= 0.3 is 0 Å². The number of H-pyrrole nitrogens is 1. The summed E-state index contributed by atoms with van der Waals surface area (Å²) in [5, 5.41) is 3.15. The van der Waals surface area contributed by atoms with E-state index in [1.54, 1.807) is 13.8 Å². The predicted octanol–water partition coefficient (Wildman–Crippen LogP) is 3.02. The standard InChI is InChI=1S/C16H18FN3O/c1-9-5-11(6-10(2)15(9)17)8-18-13-7-14(21)20-16(19-13)12-3-4-12/h5-7,12H,3-4,8H2,1-2H3,(H2,18,19,20,21). The van der Waals surface area contributed by atoms with E-state index in [0.29, 0.717) is 29.4 Å². The molecule has 4 nitrogen and oxygen atoms in total. The van der Waals surface area contributed by atoms with Crippen molar-refractivity contribution in [3.05, 3.63) is 56.9 Å². The lowest BCUT2D eigenvalue weighted by molar-refractivity contribution is 0.608. The number of halogens is 1. The van der Waals surface area contributed by atoms with Crippen LogP contribution in [0.2, 0.25) is 0 Å². The van der Waals surface area contributed by atoms with Gasteiger partial charge in [-0.1, -0.05) is 12.1 Å². The Morgan fingerprint density at radius 3 is 2.57 bits per heavy atom. The number of hydrogen-bond donors (Lipinski definition) is 2. The molecule has 0 radical (unpaired) electrons. The summed E-state index contributed by atoms with van der Waals surface area (Å²) in [7, 11) is 0. The number of aromatic amines is 1. The molecule has 1 aliphatic carbocycles. The SMILES string of the molecule is Cc1cc(CNc2cc(=O)[nH]c(C3CC3)n2)cc(C)c1F. The van der Waals surface area contributed by atoms with Gasteiger partial charge < -0.3 is 10.3 Å². The first kappa shape index (κ1) is 13.8.